The summed E-state index contributed by atoms with van der Waals surface area (Å²) in [6.45, 7) is 8.36. The van der Waals surface area contributed by atoms with Crippen LogP contribution in [0, 0.1) is 5.92 Å². The first-order valence-electron chi connectivity index (χ1n) is 6.26. The predicted molar refractivity (Wildman–Crippen MR) is 67.5 cm³/mol. The van der Waals surface area contributed by atoms with Crippen molar-refractivity contribution in [1.29, 1.82) is 0 Å². The molecule has 1 rings (SSSR count). The molecule has 1 aliphatic rings. The molecule has 2 heteroatoms. The average Bonchev–Trinajstić information content (AvgIpc) is 2.55. The number of ether oxygens (including phenoxy) is 2. The summed E-state index contributed by atoms with van der Waals surface area (Å²) in [5.41, 5.74) is -0.198. The molecule has 0 aliphatic heterocycles. The van der Waals surface area contributed by atoms with E-state index >= 15 is 0 Å². The van der Waals surface area contributed by atoms with Gasteiger partial charge in [0.25, 0.3) is 0 Å². The zero-order valence-electron chi connectivity index (χ0n) is 10.7. The highest BCUT2D eigenvalue weighted by atomic mass is 16.5. The largest absolute Gasteiger partial charge is 0.379 e. The minimum Gasteiger partial charge on any atom is -0.379 e. The molecule has 0 fully saturated rings. The molecular weight excluding hydrogens is 200 g/mol. The van der Waals surface area contributed by atoms with E-state index in [2.05, 4.69) is 31.2 Å². The van der Waals surface area contributed by atoms with Crippen LogP contribution in [0.15, 0.2) is 24.3 Å². The van der Waals surface area contributed by atoms with Crippen LogP contribution in [0.4, 0.5) is 0 Å². The van der Waals surface area contributed by atoms with Crippen LogP contribution in [0.25, 0.3) is 0 Å². The van der Waals surface area contributed by atoms with Crippen molar-refractivity contribution in [3.8, 4) is 0 Å². The Morgan fingerprint density at radius 2 is 2.00 bits per heavy atom. The summed E-state index contributed by atoms with van der Waals surface area (Å²) in [5, 5.41) is 0. The summed E-state index contributed by atoms with van der Waals surface area (Å²) >= 11 is 0. The van der Waals surface area contributed by atoms with Crippen LogP contribution in [-0.2, 0) is 9.47 Å². The molecule has 0 saturated carbocycles. The van der Waals surface area contributed by atoms with Crippen molar-refractivity contribution >= 4 is 0 Å². The fourth-order valence-electron chi connectivity index (χ4n) is 2.08. The van der Waals surface area contributed by atoms with Crippen LogP contribution < -0.4 is 0 Å². The summed E-state index contributed by atoms with van der Waals surface area (Å²) in [6.07, 6.45) is 11.0. The Balaban J connectivity index is 2.69. The Morgan fingerprint density at radius 1 is 1.19 bits per heavy atom. The van der Waals surface area contributed by atoms with Crippen molar-refractivity contribution in [2.24, 2.45) is 5.92 Å². The Hall–Kier alpha value is -0.600. The van der Waals surface area contributed by atoms with Crippen molar-refractivity contribution in [2.75, 3.05) is 19.8 Å². The highest BCUT2D eigenvalue weighted by molar-refractivity contribution is 5.07. The van der Waals surface area contributed by atoms with Gasteiger partial charge in [0.15, 0.2) is 0 Å². The van der Waals surface area contributed by atoms with Crippen molar-refractivity contribution in [3.05, 3.63) is 24.3 Å². The maximum atomic E-state index is 5.92. The Morgan fingerprint density at radius 3 is 2.69 bits per heavy atom. The third kappa shape index (κ3) is 3.76. The van der Waals surface area contributed by atoms with E-state index in [0.29, 0.717) is 12.5 Å². The van der Waals surface area contributed by atoms with Crippen LogP contribution in [0.5, 0.6) is 0 Å². The van der Waals surface area contributed by atoms with E-state index in [1.807, 2.05) is 13.8 Å². The Bertz CT molecular complexity index is 245. The number of hydrogen-bond donors (Lipinski definition) is 0. The normalized spacial score (nSPS) is 24.1. The fraction of sp³-hybridized carbons (Fsp3) is 0.714. The molecule has 0 aromatic rings. The molecule has 2 unspecified atom stereocenters. The van der Waals surface area contributed by atoms with E-state index in [1.165, 1.54) is 0 Å². The molecule has 0 bridgehead atoms. The first kappa shape index (κ1) is 13.5. The van der Waals surface area contributed by atoms with Crippen LogP contribution in [0.3, 0.4) is 0 Å². The first-order chi connectivity index (χ1) is 7.73. The minimum absolute atomic E-state index is 0.198. The monoisotopic (exact) mass is 224 g/mol. The molecule has 2 atom stereocenters. The standard InChI is InChI=1S/C14H24O2/c1-4-15-12-14(3,16-5-2)13-10-8-6-7-9-11-13/h6,8-9,11,13H,4-5,7,10,12H2,1-3H3. The van der Waals surface area contributed by atoms with Gasteiger partial charge < -0.3 is 9.47 Å². The van der Waals surface area contributed by atoms with Crippen molar-refractivity contribution in [1.82, 2.24) is 0 Å². The molecule has 0 amide bonds. The van der Waals surface area contributed by atoms with E-state index in [4.69, 9.17) is 9.47 Å². The van der Waals surface area contributed by atoms with Crippen LogP contribution >= 0.6 is 0 Å². The Labute approximate surface area is 99.3 Å². The zero-order chi connectivity index (χ0) is 11.9. The lowest BCUT2D eigenvalue weighted by Gasteiger charge is -2.35. The van der Waals surface area contributed by atoms with Gasteiger partial charge >= 0.3 is 0 Å². The summed E-state index contributed by atoms with van der Waals surface area (Å²) in [5.74, 6) is 0.415. The lowest BCUT2D eigenvalue weighted by Crippen LogP contribution is -2.41. The van der Waals surface area contributed by atoms with Crippen LogP contribution in [0.2, 0.25) is 0 Å². The molecule has 0 heterocycles. The van der Waals surface area contributed by atoms with Gasteiger partial charge in [-0.2, -0.15) is 0 Å². The Kier molecular flexibility index (Phi) is 5.78. The second-order valence-electron chi connectivity index (χ2n) is 4.36. The number of hydrogen-bond acceptors (Lipinski definition) is 2. The second kappa shape index (κ2) is 6.87. The van der Waals surface area contributed by atoms with Crippen LogP contribution in [-0.4, -0.2) is 25.4 Å². The molecular formula is C14H24O2. The number of allylic oxidation sites excluding steroid dienone is 3. The van der Waals surface area contributed by atoms with Gasteiger partial charge in [-0.25, -0.2) is 0 Å². The maximum Gasteiger partial charge on any atom is 0.0951 e. The molecule has 0 saturated heterocycles. The van der Waals surface area contributed by atoms with Gasteiger partial charge in [-0.3, -0.25) is 0 Å². The topological polar surface area (TPSA) is 18.5 Å². The molecule has 0 aromatic heterocycles. The average molecular weight is 224 g/mol. The van der Waals surface area contributed by atoms with Crippen molar-refractivity contribution < 1.29 is 9.47 Å². The summed E-state index contributed by atoms with van der Waals surface area (Å²) in [7, 11) is 0. The van der Waals surface area contributed by atoms with E-state index in [9.17, 15) is 0 Å². The lowest BCUT2D eigenvalue weighted by molar-refractivity contribution is -0.104. The van der Waals surface area contributed by atoms with Gasteiger partial charge in [-0.1, -0.05) is 24.3 Å². The maximum absolute atomic E-state index is 5.92. The summed E-state index contributed by atoms with van der Waals surface area (Å²) < 4.78 is 11.5. The van der Waals surface area contributed by atoms with E-state index in [-0.39, 0.29) is 5.60 Å². The molecule has 0 spiro atoms. The zero-order valence-corrected chi connectivity index (χ0v) is 10.7. The fourth-order valence-corrected chi connectivity index (χ4v) is 2.08. The van der Waals surface area contributed by atoms with Gasteiger partial charge in [0.05, 0.1) is 12.2 Å². The molecule has 2 nitrogen and oxygen atoms in total. The lowest BCUT2D eigenvalue weighted by atomic mass is 9.86. The van der Waals surface area contributed by atoms with Crippen molar-refractivity contribution in [3.63, 3.8) is 0 Å². The third-order valence-corrected chi connectivity index (χ3v) is 3.05. The van der Waals surface area contributed by atoms with Crippen molar-refractivity contribution in [2.45, 2.75) is 39.2 Å². The van der Waals surface area contributed by atoms with Gasteiger partial charge in [0.2, 0.25) is 0 Å². The van der Waals surface area contributed by atoms with Gasteiger partial charge in [0.1, 0.15) is 0 Å². The van der Waals surface area contributed by atoms with Gasteiger partial charge in [-0.15, -0.1) is 0 Å². The van der Waals surface area contributed by atoms with Crippen LogP contribution in [0.1, 0.15) is 33.6 Å². The highest BCUT2D eigenvalue weighted by Crippen LogP contribution is 2.29. The molecule has 92 valence electrons. The minimum atomic E-state index is -0.198. The first-order valence-corrected chi connectivity index (χ1v) is 6.26. The quantitative estimate of drug-likeness (QED) is 0.644. The second-order valence-corrected chi connectivity index (χ2v) is 4.36. The van der Waals surface area contributed by atoms with E-state index in [1.54, 1.807) is 0 Å². The smallest absolute Gasteiger partial charge is 0.0951 e. The molecule has 16 heavy (non-hydrogen) atoms. The summed E-state index contributed by atoms with van der Waals surface area (Å²) in [4.78, 5) is 0. The van der Waals surface area contributed by atoms with E-state index < -0.39 is 0 Å². The highest BCUT2D eigenvalue weighted by Gasteiger charge is 2.33. The summed E-state index contributed by atoms with van der Waals surface area (Å²) in [6, 6.07) is 0. The van der Waals surface area contributed by atoms with E-state index in [0.717, 1.165) is 26.1 Å². The molecule has 1 aliphatic carbocycles. The SMILES string of the molecule is CCOCC(C)(OCC)C1C=CCC=CC1. The third-order valence-electron chi connectivity index (χ3n) is 3.05. The van der Waals surface area contributed by atoms with Gasteiger partial charge in [-0.05, 0) is 33.6 Å². The molecule has 0 aromatic carbocycles. The predicted octanol–water partition coefficient (Wildman–Crippen LogP) is 3.34. The molecule has 0 radical (unpaired) electrons. The number of rotatable bonds is 6. The molecule has 0 N–H and O–H groups in total. The van der Waals surface area contributed by atoms with Gasteiger partial charge in [0, 0.05) is 19.1 Å².